The Morgan fingerprint density at radius 3 is 3.00 bits per heavy atom. The fraction of sp³-hybridized carbons (Fsp3) is 0.688. The Balaban J connectivity index is 1.86. The van der Waals surface area contributed by atoms with Gasteiger partial charge in [-0.2, -0.15) is 0 Å². The summed E-state index contributed by atoms with van der Waals surface area (Å²) in [7, 11) is 1.67. The molecule has 0 aliphatic carbocycles. The fourth-order valence-corrected chi connectivity index (χ4v) is 2.90. The topological polar surface area (TPSA) is 37.4 Å². The molecule has 0 saturated carbocycles. The van der Waals surface area contributed by atoms with Crippen LogP contribution in [0.5, 0.6) is 5.88 Å². The van der Waals surface area contributed by atoms with E-state index in [1.54, 1.807) is 7.11 Å². The van der Waals surface area contributed by atoms with Crippen molar-refractivity contribution in [2.24, 2.45) is 5.92 Å². The van der Waals surface area contributed by atoms with Crippen molar-refractivity contribution >= 4 is 0 Å². The van der Waals surface area contributed by atoms with Crippen LogP contribution < -0.4 is 10.1 Å². The van der Waals surface area contributed by atoms with Gasteiger partial charge in [0.25, 0.3) is 0 Å². The highest BCUT2D eigenvalue weighted by molar-refractivity contribution is 5.15. The third kappa shape index (κ3) is 4.18. The molecule has 1 aliphatic heterocycles. The first-order valence-corrected chi connectivity index (χ1v) is 7.68. The summed E-state index contributed by atoms with van der Waals surface area (Å²) in [6.07, 6.45) is 2.44. The second kappa shape index (κ2) is 7.60. The predicted octanol–water partition coefficient (Wildman–Crippen LogP) is 2.30. The van der Waals surface area contributed by atoms with Gasteiger partial charge in [-0.05, 0) is 31.4 Å². The number of nitrogens with one attached hydrogen (secondary N) is 1. The summed E-state index contributed by atoms with van der Waals surface area (Å²) in [5.41, 5.74) is 1.09. The molecule has 2 heterocycles. The molecular formula is C16H27N3O. The average molecular weight is 277 g/mol. The minimum Gasteiger partial charge on any atom is -0.481 e. The number of hydrogen-bond acceptors (Lipinski definition) is 4. The van der Waals surface area contributed by atoms with Crippen LogP contribution in [0.1, 0.15) is 32.4 Å². The second-order valence-corrected chi connectivity index (χ2v) is 5.73. The van der Waals surface area contributed by atoms with E-state index < -0.39 is 0 Å². The molecule has 0 bridgehead atoms. The highest BCUT2D eigenvalue weighted by Gasteiger charge is 2.25. The number of rotatable bonds is 6. The third-order valence-corrected chi connectivity index (χ3v) is 4.02. The first kappa shape index (κ1) is 15.3. The molecule has 0 radical (unpaired) electrons. The van der Waals surface area contributed by atoms with Crippen molar-refractivity contribution in [3.05, 3.63) is 23.9 Å². The lowest BCUT2D eigenvalue weighted by atomic mass is 9.93. The van der Waals surface area contributed by atoms with E-state index in [2.05, 4.69) is 35.1 Å². The number of ether oxygens (including phenoxy) is 1. The number of likely N-dealkylation sites (tertiary alicyclic amines) is 1. The summed E-state index contributed by atoms with van der Waals surface area (Å²) in [6, 6.07) is 6.66. The lowest BCUT2D eigenvalue weighted by Crippen LogP contribution is -2.48. The van der Waals surface area contributed by atoms with E-state index in [0.29, 0.717) is 17.8 Å². The summed E-state index contributed by atoms with van der Waals surface area (Å²) in [6.45, 7) is 8.90. The van der Waals surface area contributed by atoms with Crippen LogP contribution in [0.25, 0.3) is 0 Å². The number of nitrogens with zero attached hydrogens (tertiary/aromatic N) is 2. The summed E-state index contributed by atoms with van der Waals surface area (Å²) in [4.78, 5) is 7.00. The molecule has 1 aliphatic rings. The number of aromatic nitrogens is 1. The molecule has 0 amide bonds. The van der Waals surface area contributed by atoms with Gasteiger partial charge in [0.1, 0.15) is 0 Å². The van der Waals surface area contributed by atoms with Crippen LogP contribution in [0.2, 0.25) is 0 Å². The third-order valence-electron chi connectivity index (χ3n) is 4.02. The molecule has 4 nitrogen and oxygen atoms in total. The Hall–Kier alpha value is -1.13. The van der Waals surface area contributed by atoms with Gasteiger partial charge in [0.05, 0.1) is 12.8 Å². The van der Waals surface area contributed by atoms with Crippen molar-refractivity contribution in [1.29, 1.82) is 0 Å². The maximum Gasteiger partial charge on any atom is 0.213 e. The lowest BCUT2D eigenvalue weighted by molar-refractivity contribution is 0.139. The quantitative estimate of drug-likeness (QED) is 0.866. The molecule has 2 unspecified atom stereocenters. The van der Waals surface area contributed by atoms with Crippen LogP contribution in [0.4, 0.5) is 0 Å². The van der Waals surface area contributed by atoms with Gasteiger partial charge in [-0.1, -0.05) is 19.9 Å². The van der Waals surface area contributed by atoms with E-state index in [1.165, 1.54) is 12.8 Å². The molecule has 2 atom stereocenters. The molecule has 0 spiro atoms. The largest absolute Gasteiger partial charge is 0.481 e. The lowest BCUT2D eigenvalue weighted by Gasteiger charge is -2.37. The fourth-order valence-electron chi connectivity index (χ4n) is 2.90. The number of methoxy groups -OCH3 is 1. The van der Waals surface area contributed by atoms with Crippen molar-refractivity contribution in [3.8, 4) is 5.88 Å². The normalized spacial score (nSPS) is 23.8. The first-order chi connectivity index (χ1) is 9.72. The van der Waals surface area contributed by atoms with Crippen LogP contribution >= 0.6 is 0 Å². The molecule has 2 rings (SSSR count). The van der Waals surface area contributed by atoms with Gasteiger partial charge in [0, 0.05) is 31.7 Å². The zero-order valence-electron chi connectivity index (χ0n) is 12.9. The SMILES string of the molecule is CCCNC1CCN(Cc2cccc(OC)n2)CC1C. The Morgan fingerprint density at radius 2 is 2.30 bits per heavy atom. The second-order valence-electron chi connectivity index (χ2n) is 5.73. The molecule has 4 heteroatoms. The predicted molar refractivity (Wildman–Crippen MR) is 81.9 cm³/mol. The highest BCUT2D eigenvalue weighted by atomic mass is 16.5. The van der Waals surface area contributed by atoms with E-state index in [9.17, 15) is 0 Å². The van der Waals surface area contributed by atoms with E-state index in [-0.39, 0.29) is 0 Å². The zero-order valence-corrected chi connectivity index (χ0v) is 12.9. The molecule has 1 aromatic heterocycles. The maximum atomic E-state index is 5.19. The van der Waals surface area contributed by atoms with Crippen molar-refractivity contribution in [2.75, 3.05) is 26.7 Å². The van der Waals surface area contributed by atoms with Gasteiger partial charge in [-0.15, -0.1) is 0 Å². The minimum absolute atomic E-state index is 0.671. The van der Waals surface area contributed by atoms with E-state index in [4.69, 9.17) is 4.74 Å². The van der Waals surface area contributed by atoms with E-state index in [0.717, 1.165) is 31.9 Å². The van der Waals surface area contributed by atoms with Crippen LogP contribution in [0, 0.1) is 5.92 Å². The zero-order chi connectivity index (χ0) is 14.4. The molecule has 1 saturated heterocycles. The number of pyridine rings is 1. The van der Waals surface area contributed by atoms with Crippen LogP contribution in [0.3, 0.4) is 0 Å². The van der Waals surface area contributed by atoms with E-state index in [1.807, 2.05) is 12.1 Å². The molecule has 1 N–H and O–H groups in total. The van der Waals surface area contributed by atoms with Crippen molar-refractivity contribution in [3.63, 3.8) is 0 Å². The van der Waals surface area contributed by atoms with Gasteiger partial charge < -0.3 is 10.1 Å². The van der Waals surface area contributed by atoms with Gasteiger partial charge in [-0.25, -0.2) is 4.98 Å². The monoisotopic (exact) mass is 277 g/mol. The molecule has 1 fully saturated rings. The van der Waals surface area contributed by atoms with Gasteiger partial charge in [0.2, 0.25) is 5.88 Å². The molecule has 20 heavy (non-hydrogen) atoms. The Kier molecular flexibility index (Phi) is 5.80. The Bertz CT molecular complexity index is 410. The standard InChI is InChI=1S/C16H27N3O/c1-4-9-17-15-8-10-19(11-13(15)2)12-14-6-5-7-16(18-14)20-3/h5-7,13,15,17H,4,8-12H2,1-3H3. The Labute approximate surface area is 122 Å². The highest BCUT2D eigenvalue weighted by Crippen LogP contribution is 2.19. The summed E-state index contributed by atoms with van der Waals surface area (Å²) >= 11 is 0. The minimum atomic E-state index is 0.671. The number of piperidine rings is 1. The van der Waals surface area contributed by atoms with Gasteiger partial charge in [-0.3, -0.25) is 4.90 Å². The van der Waals surface area contributed by atoms with Crippen LogP contribution in [-0.4, -0.2) is 42.7 Å². The molecule has 1 aromatic rings. The van der Waals surface area contributed by atoms with E-state index >= 15 is 0 Å². The summed E-state index contributed by atoms with van der Waals surface area (Å²) in [5, 5.41) is 3.66. The van der Waals surface area contributed by atoms with Crippen molar-refractivity contribution < 1.29 is 4.74 Å². The average Bonchev–Trinajstić information content (AvgIpc) is 2.47. The first-order valence-electron chi connectivity index (χ1n) is 7.68. The molecule has 112 valence electrons. The van der Waals surface area contributed by atoms with Crippen molar-refractivity contribution in [1.82, 2.24) is 15.2 Å². The molecule has 0 aromatic carbocycles. The summed E-state index contributed by atoms with van der Waals surface area (Å²) < 4.78 is 5.19. The smallest absolute Gasteiger partial charge is 0.213 e. The van der Waals surface area contributed by atoms with Gasteiger partial charge >= 0.3 is 0 Å². The number of hydrogen-bond donors (Lipinski definition) is 1. The van der Waals surface area contributed by atoms with Gasteiger partial charge in [0.15, 0.2) is 0 Å². The maximum absolute atomic E-state index is 5.19. The van der Waals surface area contributed by atoms with Crippen LogP contribution in [-0.2, 0) is 6.54 Å². The summed E-state index contributed by atoms with van der Waals surface area (Å²) in [5.74, 6) is 1.40. The molecular weight excluding hydrogens is 250 g/mol. The Morgan fingerprint density at radius 1 is 1.45 bits per heavy atom. The van der Waals surface area contributed by atoms with Crippen molar-refractivity contribution in [2.45, 2.75) is 39.3 Å². The van der Waals surface area contributed by atoms with Crippen LogP contribution in [0.15, 0.2) is 18.2 Å².